The molecule has 0 aliphatic heterocycles. The number of aromatic hydroxyl groups is 1. The van der Waals surface area contributed by atoms with E-state index in [-0.39, 0.29) is 5.75 Å². The van der Waals surface area contributed by atoms with Gasteiger partial charge in [0.15, 0.2) is 11.5 Å². The van der Waals surface area contributed by atoms with Crippen LogP contribution in [0.15, 0.2) is 10.5 Å². The number of hydrogen-bond acceptors (Lipinski definition) is 4. The van der Waals surface area contributed by atoms with Crippen molar-refractivity contribution >= 4 is 15.9 Å². The van der Waals surface area contributed by atoms with Gasteiger partial charge < -0.3 is 14.7 Å². The first kappa shape index (κ1) is 12.3. The molecule has 1 rings (SSSR count). The minimum absolute atomic E-state index is 0.114. The number of rotatable bonds is 4. The highest BCUT2D eigenvalue weighted by molar-refractivity contribution is 9.10. The lowest BCUT2D eigenvalue weighted by atomic mass is 10.1. The molecular formula is C10H14BrNO3. The first-order chi connectivity index (χ1) is 7.11. The van der Waals surface area contributed by atoms with Gasteiger partial charge in [-0.3, -0.25) is 0 Å². The zero-order chi connectivity index (χ0) is 11.4. The lowest BCUT2D eigenvalue weighted by Crippen LogP contribution is -2.13. The summed E-state index contributed by atoms with van der Waals surface area (Å²) in [6, 6.07) is 1.62. The second-order valence-electron chi connectivity index (χ2n) is 3.04. The van der Waals surface area contributed by atoms with Gasteiger partial charge in [0.25, 0.3) is 0 Å². The van der Waals surface area contributed by atoms with Crippen LogP contribution in [0.2, 0.25) is 0 Å². The van der Waals surface area contributed by atoms with Gasteiger partial charge in [-0.15, -0.1) is 0 Å². The van der Waals surface area contributed by atoms with E-state index in [0.29, 0.717) is 12.3 Å². The van der Waals surface area contributed by atoms with E-state index in [1.54, 1.807) is 13.2 Å². The highest BCUT2D eigenvalue weighted by Gasteiger charge is 2.14. The summed E-state index contributed by atoms with van der Waals surface area (Å²) in [4.78, 5) is 4.78. The molecule has 1 aromatic rings. The first-order valence-corrected chi connectivity index (χ1v) is 5.21. The Kier molecular flexibility index (Phi) is 4.38. The molecule has 0 atom stereocenters. The zero-order valence-corrected chi connectivity index (χ0v) is 10.5. The van der Waals surface area contributed by atoms with E-state index in [0.717, 1.165) is 15.6 Å². The maximum absolute atomic E-state index is 9.67. The van der Waals surface area contributed by atoms with Crippen molar-refractivity contribution < 1.29 is 14.7 Å². The molecule has 5 heteroatoms. The van der Waals surface area contributed by atoms with Gasteiger partial charge >= 0.3 is 0 Å². The zero-order valence-electron chi connectivity index (χ0n) is 8.93. The normalized spacial score (nSPS) is 10.4. The summed E-state index contributed by atoms with van der Waals surface area (Å²) in [5.74, 6) is 0.586. The molecule has 84 valence electrons. The van der Waals surface area contributed by atoms with Gasteiger partial charge in [0.2, 0.25) is 0 Å². The molecule has 0 aromatic heterocycles. The van der Waals surface area contributed by atoms with Crippen LogP contribution in [0.4, 0.5) is 0 Å². The smallest absolute Gasteiger partial charge is 0.165 e. The minimum atomic E-state index is 0.114. The topological polar surface area (TPSA) is 50.7 Å². The highest BCUT2D eigenvalue weighted by Crippen LogP contribution is 2.36. The summed E-state index contributed by atoms with van der Waals surface area (Å²) in [6.07, 6.45) is 0. The quantitative estimate of drug-likeness (QED) is 0.827. The van der Waals surface area contributed by atoms with E-state index < -0.39 is 0 Å². The Morgan fingerprint density at radius 2 is 2.13 bits per heavy atom. The van der Waals surface area contributed by atoms with Crippen LogP contribution in [-0.2, 0) is 11.4 Å². The average Bonchev–Trinajstić information content (AvgIpc) is 2.21. The Bertz CT molecular complexity index is 355. The lowest BCUT2D eigenvalue weighted by Gasteiger charge is -2.14. The van der Waals surface area contributed by atoms with Crippen LogP contribution in [0.1, 0.15) is 11.1 Å². The summed E-state index contributed by atoms with van der Waals surface area (Å²) in [5, 5.41) is 9.67. The molecule has 15 heavy (non-hydrogen) atoms. The molecule has 0 fully saturated rings. The third-order valence-corrected chi connectivity index (χ3v) is 3.00. The number of phenolic OH excluding ortho intramolecular Hbond substituents is 1. The van der Waals surface area contributed by atoms with Crippen molar-refractivity contribution in [2.24, 2.45) is 0 Å². The first-order valence-electron chi connectivity index (χ1n) is 4.42. The Morgan fingerprint density at radius 1 is 1.47 bits per heavy atom. The molecule has 0 aliphatic rings. The molecule has 0 spiro atoms. The minimum Gasteiger partial charge on any atom is -0.504 e. The van der Waals surface area contributed by atoms with Gasteiger partial charge in [-0.2, -0.15) is 5.48 Å². The number of nitrogens with one attached hydrogen (secondary N) is 1. The van der Waals surface area contributed by atoms with Crippen LogP contribution in [-0.4, -0.2) is 19.3 Å². The van der Waals surface area contributed by atoms with Crippen LogP contribution >= 0.6 is 15.9 Å². The van der Waals surface area contributed by atoms with Crippen molar-refractivity contribution in [3.05, 3.63) is 21.7 Å². The highest BCUT2D eigenvalue weighted by atomic mass is 79.9. The third kappa shape index (κ3) is 2.62. The molecule has 0 radical (unpaired) electrons. The Morgan fingerprint density at radius 3 is 2.67 bits per heavy atom. The molecule has 1 aromatic carbocycles. The number of ether oxygens (including phenoxy) is 1. The van der Waals surface area contributed by atoms with Crippen LogP contribution in [0.5, 0.6) is 11.5 Å². The SMILES string of the molecule is CONCc1c(C)c(Br)cc(O)c1OC. The van der Waals surface area contributed by atoms with Gasteiger partial charge in [0, 0.05) is 10.0 Å². The van der Waals surface area contributed by atoms with Crippen molar-refractivity contribution in [3.8, 4) is 11.5 Å². The van der Waals surface area contributed by atoms with E-state index in [2.05, 4.69) is 21.4 Å². The summed E-state index contributed by atoms with van der Waals surface area (Å²) in [7, 11) is 3.07. The van der Waals surface area contributed by atoms with Crippen LogP contribution in [0.3, 0.4) is 0 Å². The maximum atomic E-state index is 9.67. The average molecular weight is 276 g/mol. The molecule has 0 amide bonds. The van der Waals surface area contributed by atoms with Crippen molar-refractivity contribution in [3.63, 3.8) is 0 Å². The molecule has 0 aliphatic carbocycles. The fraction of sp³-hybridized carbons (Fsp3) is 0.400. The predicted molar refractivity (Wildman–Crippen MR) is 60.9 cm³/mol. The maximum Gasteiger partial charge on any atom is 0.165 e. The van der Waals surface area contributed by atoms with Gasteiger partial charge in [0.1, 0.15) is 0 Å². The number of benzene rings is 1. The van der Waals surface area contributed by atoms with Gasteiger partial charge in [-0.05, 0) is 18.6 Å². The summed E-state index contributed by atoms with van der Waals surface area (Å²) < 4.78 is 5.98. The second kappa shape index (κ2) is 5.34. The van der Waals surface area contributed by atoms with E-state index in [4.69, 9.17) is 9.57 Å². The Balaban J connectivity index is 3.18. The number of phenols is 1. The molecule has 2 N–H and O–H groups in total. The molecule has 0 saturated heterocycles. The van der Waals surface area contributed by atoms with Crippen molar-refractivity contribution in [2.75, 3.05) is 14.2 Å². The summed E-state index contributed by atoms with van der Waals surface area (Å²) in [6.45, 7) is 2.41. The standard InChI is InChI=1S/C10H14BrNO3/c1-6-7(5-12-15-3)10(14-2)9(13)4-8(6)11/h4,12-13H,5H2,1-3H3. The molecule has 0 heterocycles. The van der Waals surface area contributed by atoms with E-state index in [9.17, 15) is 5.11 Å². The van der Waals surface area contributed by atoms with Crippen LogP contribution < -0.4 is 10.2 Å². The monoisotopic (exact) mass is 275 g/mol. The van der Waals surface area contributed by atoms with E-state index in [1.165, 1.54) is 7.11 Å². The van der Waals surface area contributed by atoms with E-state index in [1.807, 2.05) is 6.92 Å². The Hall–Kier alpha value is -0.780. The predicted octanol–water partition coefficient (Wildman–Crippen LogP) is 2.12. The van der Waals surface area contributed by atoms with Crippen molar-refractivity contribution in [2.45, 2.75) is 13.5 Å². The molecule has 0 saturated carbocycles. The van der Waals surface area contributed by atoms with Crippen LogP contribution in [0, 0.1) is 6.92 Å². The second-order valence-corrected chi connectivity index (χ2v) is 3.89. The largest absolute Gasteiger partial charge is 0.504 e. The number of methoxy groups -OCH3 is 1. The fourth-order valence-corrected chi connectivity index (χ4v) is 1.80. The van der Waals surface area contributed by atoms with E-state index >= 15 is 0 Å². The summed E-state index contributed by atoms with van der Waals surface area (Å²) >= 11 is 3.37. The van der Waals surface area contributed by atoms with Crippen LogP contribution in [0.25, 0.3) is 0 Å². The fourth-order valence-electron chi connectivity index (χ4n) is 1.35. The number of hydroxylamine groups is 1. The number of halogens is 1. The van der Waals surface area contributed by atoms with Gasteiger partial charge in [-0.25, -0.2) is 0 Å². The van der Waals surface area contributed by atoms with Crippen molar-refractivity contribution in [1.82, 2.24) is 5.48 Å². The summed E-state index contributed by atoms with van der Waals surface area (Å²) in [5.41, 5.74) is 4.60. The molecule has 4 nitrogen and oxygen atoms in total. The molecule has 0 bridgehead atoms. The van der Waals surface area contributed by atoms with Crippen molar-refractivity contribution in [1.29, 1.82) is 0 Å². The molecular weight excluding hydrogens is 262 g/mol. The lowest BCUT2D eigenvalue weighted by molar-refractivity contribution is 0.0859. The van der Waals surface area contributed by atoms with Gasteiger partial charge in [-0.1, -0.05) is 15.9 Å². The third-order valence-electron chi connectivity index (χ3n) is 2.18. The Labute approximate surface area is 97.3 Å². The number of hydrogen-bond donors (Lipinski definition) is 2. The van der Waals surface area contributed by atoms with Gasteiger partial charge in [0.05, 0.1) is 20.8 Å². The molecule has 0 unspecified atom stereocenters.